The van der Waals surface area contributed by atoms with Gasteiger partial charge in [0, 0.05) is 30.8 Å². The highest BCUT2D eigenvalue weighted by atomic mass is 127. The minimum atomic E-state index is -2.98. The van der Waals surface area contributed by atoms with Crippen LogP contribution in [0.2, 0.25) is 0 Å². The van der Waals surface area contributed by atoms with E-state index in [0.717, 1.165) is 5.56 Å². The van der Waals surface area contributed by atoms with Crippen molar-refractivity contribution < 1.29 is 23.2 Å². The molecule has 170 valence electrons. The molecule has 0 unspecified atom stereocenters. The number of aliphatic imine (C=N–C) groups is 1. The predicted octanol–water partition coefficient (Wildman–Crippen LogP) is 4.47. The second-order valence-corrected chi connectivity index (χ2v) is 6.03. The van der Waals surface area contributed by atoms with Crippen LogP contribution >= 0.6 is 24.0 Å². The van der Waals surface area contributed by atoms with Crippen molar-refractivity contribution in [2.75, 3.05) is 13.2 Å². The van der Waals surface area contributed by atoms with Gasteiger partial charge in [-0.2, -0.15) is 8.78 Å². The standard InChI is InChI=1S/C20H24F2N4O4.HI/c1-3-23-20(24-12-14-8-10-16(11-9-14)26(27)28)25-13-15-6-5-7-17(29-4-2)18(15)30-19(21)22;/h5-11,19H,3-4,12-13H2,1-2H3,(H2,23,24,25);1H. The second kappa shape index (κ2) is 13.6. The average molecular weight is 550 g/mol. The number of guanidine groups is 1. The quantitative estimate of drug-likeness (QED) is 0.149. The monoisotopic (exact) mass is 550 g/mol. The van der Waals surface area contributed by atoms with Crippen molar-refractivity contribution in [1.29, 1.82) is 0 Å². The molecule has 0 heterocycles. The van der Waals surface area contributed by atoms with Crippen molar-refractivity contribution in [2.24, 2.45) is 4.99 Å². The van der Waals surface area contributed by atoms with Gasteiger partial charge in [-0.1, -0.05) is 24.3 Å². The van der Waals surface area contributed by atoms with Crippen molar-refractivity contribution >= 4 is 35.6 Å². The molecule has 0 fully saturated rings. The fourth-order valence-electron chi connectivity index (χ4n) is 2.61. The summed E-state index contributed by atoms with van der Waals surface area (Å²) in [5, 5.41) is 16.9. The van der Waals surface area contributed by atoms with Gasteiger partial charge >= 0.3 is 6.61 Å². The van der Waals surface area contributed by atoms with E-state index < -0.39 is 11.5 Å². The smallest absolute Gasteiger partial charge is 0.387 e. The molecule has 0 bridgehead atoms. The van der Waals surface area contributed by atoms with Gasteiger partial charge in [0.1, 0.15) is 0 Å². The van der Waals surface area contributed by atoms with Gasteiger partial charge in [0.25, 0.3) is 5.69 Å². The molecule has 31 heavy (non-hydrogen) atoms. The SMILES string of the molecule is CCNC(=NCc1ccc([N+](=O)[O-])cc1)NCc1cccc(OCC)c1OC(F)F.I. The van der Waals surface area contributed by atoms with Gasteiger partial charge in [0.15, 0.2) is 17.5 Å². The maximum absolute atomic E-state index is 12.9. The Balaban J connectivity index is 0.00000480. The van der Waals surface area contributed by atoms with E-state index in [9.17, 15) is 18.9 Å². The van der Waals surface area contributed by atoms with Crippen LogP contribution in [-0.2, 0) is 13.1 Å². The number of halogens is 3. The van der Waals surface area contributed by atoms with Gasteiger partial charge in [-0.05, 0) is 25.5 Å². The Hall–Kier alpha value is -2.70. The minimum absolute atomic E-state index is 0. The molecule has 11 heteroatoms. The van der Waals surface area contributed by atoms with Gasteiger partial charge < -0.3 is 20.1 Å². The zero-order chi connectivity index (χ0) is 21.9. The Labute approximate surface area is 196 Å². The Morgan fingerprint density at radius 1 is 1.16 bits per heavy atom. The molecule has 8 nitrogen and oxygen atoms in total. The molecule has 0 aliphatic rings. The molecule has 2 rings (SSSR count). The van der Waals surface area contributed by atoms with Crippen LogP contribution in [0.15, 0.2) is 47.5 Å². The Kier molecular flexibility index (Phi) is 11.5. The number of rotatable bonds is 10. The average Bonchev–Trinajstić information content (AvgIpc) is 2.72. The number of nitro benzene ring substituents is 1. The molecule has 0 aromatic heterocycles. The summed E-state index contributed by atoms with van der Waals surface area (Å²) in [5.74, 6) is 0.679. The fraction of sp³-hybridized carbons (Fsp3) is 0.350. The highest BCUT2D eigenvalue weighted by Crippen LogP contribution is 2.32. The van der Waals surface area contributed by atoms with Crippen LogP contribution < -0.4 is 20.1 Å². The summed E-state index contributed by atoms with van der Waals surface area (Å²) in [6.07, 6.45) is 0. The lowest BCUT2D eigenvalue weighted by molar-refractivity contribution is -0.384. The number of ether oxygens (including phenoxy) is 2. The lowest BCUT2D eigenvalue weighted by Crippen LogP contribution is -2.36. The Morgan fingerprint density at radius 3 is 2.45 bits per heavy atom. The molecule has 0 saturated carbocycles. The summed E-state index contributed by atoms with van der Waals surface area (Å²) >= 11 is 0. The summed E-state index contributed by atoms with van der Waals surface area (Å²) in [6, 6.07) is 11.0. The molecule has 0 saturated heterocycles. The molecule has 2 aromatic carbocycles. The number of hydrogen-bond donors (Lipinski definition) is 2. The first-order valence-corrected chi connectivity index (χ1v) is 9.39. The van der Waals surface area contributed by atoms with Crippen molar-refractivity contribution in [3.63, 3.8) is 0 Å². The molecular weight excluding hydrogens is 525 g/mol. The maximum atomic E-state index is 12.9. The topological polar surface area (TPSA) is 98.0 Å². The van der Waals surface area contributed by atoms with E-state index in [-0.39, 0.29) is 54.3 Å². The zero-order valence-corrected chi connectivity index (χ0v) is 19.5. The van der Waals surface area contributed by atoms with E-state index in [2.05, 4.69) is 20.4 Å². The highest BCUT2D eigenvalue weighted by molar-refractivity contribution is 14.0. The van der Waals surface area contributed by atoms with E-state index >= 15 is 0 Å². The third-order valence-electron chi connectivity index (χ3n) is 3.92. The third kappa shape index (κ3) is 8.52. The van der Waals surface area contributed by atoms with E-state index in [1.165, 1.54) is 12.1 Å². The van der Waals surface area contributed by atoms with Crippen LogP contribution in [-0.4, -0.2) is 30.6 Å². The summed E-state index contributed by atoms with van der Waals surface area (Å²) in [6.45, 7) is 2.03. The second-order valence-electron chi connectivity index (χ2n) is 6.03. The van der Waals surface area contributed by atoms with Gasteiger partial charge in [0.2, 0.25) is 0 Å². The van der Waals surface area contributed by atoms with Crippen LogP contribution in [0.4, 0.5) is 14.5 Å². The van der Waals surface area contributed by atoms with Crippen LogP contribution in [0.25, 0.3) is 0 Å². The Bertz CT molecular complexity index is 867. The molecule has 0 atom stereocenters. The van der Waals surface area contributed by atoms with Gasteiger partial charge in [0.05, 0.1) is 18.1 Å². The van der Waals surface area contributed by atoms with Crippen molar-refractivity contribution in [1.82, 2.24) is 10.6 Å². The van der Waals surface area contributed by atoms with E-state index in [1.807, 2.05) is 6.92 Å². The maximum Gasteiger partial charge on any atom is 0.387 e. The first kappa shape index (κ1) is 26.3. The number of hydrogen-bond acceptors (Lipinski definition) is 5. The van der Waals surface area contributed by atoms with Crippen LogP contribution in [0.3, 0.4) is 0 Å². The van der Waals surface area contributed by atoms with Gasteiger partial charge in [-0.3, -0.25) is 10.1 Å². The fourth-order valence-corrected chi connectivity index (χ4v) is 2.61. The molecule has 2 N–H and O–H groups in total. The first-order valence-electron chi connectivity index (χ1n) is 9.39. The van der Waals surface area contributed by atoms with Crippen molar-refractivity contribution in [2.45, 2.75) is 33.5 Å². The summed E-state index contributed by atoms with van der Waals surface area (Å²) in [4.78, 5) is 14.7. The van der Waals surface area contributed by atoms with Crippen LogP contribution in [0, 0.1) is 10.1 Å². The molecule has 2 aromatic rings. The number of alkyl halides is 2. The van der Waals surface area contributed by atoms with Crippen molar-refractivity contribution in [3.8, 4) is 11.5 Å². The summed E-state index contributed by atoms with van der Waals surface area (Å²) < 4.78 is 35.8. The number of non-ortho nitro benzene ring substituents is 1. The van der Waals surface area contributed by atoms with Gasteiger partial charge in [-0.25, -0.2) is 4.99 Å². The number of nitrogens with zero attached hydrogens (tertiary/aromatic N) is 2. The number of nitrogens with one attached hydrogen (secondary N) is 2. The number of nitro groups is 1. The largest absolute Gasteiger partial charge is 0.490 e. The lowest BCUT2D eigenvalue weighted by Gasteiger charge is -2.17. The van der Waals surface area contributed by atoms with E-state index in [1.54, 1.807) is 37.3 Å². The Morgan fingerprint density at radius 2 is 1.87 bits per heavy atom. The van der Waals surface area contributed by atoms with E-state index in [4.69, 9.17) is 4.74 Å². The third-order valence-corrected chi connectivity index (χ3v) is 3.92. The van der Waals surface area contributed by atoms with Crippen LogP contribution in [0.5, 0.6) is 11.5 Å². The summed E-state index contributed by atoms with van der Waals surface area (Å²) in [5.41, 5.74) is 1.29. The lowest BCUT2D eigenvalue weighted by atomic mass is 10.2. The molecule has 0 amide bonds. The molecule has 0 radical (unpaired) electrons. The molecule has 0 spiro atoms. The molecule has 0 aliphatic heterocycles. The van der Waals surface area contributed by atoms with Gasteiger partial charge in [-0.15, -0.1) is 24.0 Å². The van der Waals surface area contributed by atoms with Crippen molar-refractivity contribution in [3.05, 3.63) is 63.7 Å². The number of para-hydroxylation sites is 1. The van der Waals surface area contributed by atoms with Crippen LogP contribution in [0.1, 0.15) is 25.0 Å². The van der Waals surface area contributed by atoms with E-state index in [0.29, 0.717) is 24.7 Å². The normalized spacial score (nSPS) is 10.9. The predicted molar refractivity (Wildman–Crippen MR) is 124 cm³/mol. The number of benzene rings is 2. The molecular formula is C20H25F2IN4O4. The first-order chi connectivity index (χ1) is 14.4. The minimum Gasteiger partial charge on any atom is -0.490 e. The summed E-state index contributed by atoms with van der Waals surface area (Å²) in [7, 11) is 0. The molecule has 0 aliphatic carbocycles. The highest BCUT2D eigenvalue weighted by Gasteiger charge is 2.16. The zero-order valence-electron chi connectivity index (χ0n) is 17.1.